The molecule has 0 saturated carbocycles. The Morgan fingerprint density at radius 1 is 1.50 bits per heavy atom. The smallest absolute Gasteiger partial charge is 0.0455 e. The number of nitrogens with zero attached hydrogens (tertiary/aromatic N) is 1. The largest absolute Gasteiger partial charge is 0.250 e. The molecule has 8 heavy (non-hydrogen) atoms. The van der Waals surface area contributed by atoms with Crippen molar-refractivity contribution < 1.29 is 4.21 Å². The van der Waals surface area contributed by atoms with E-state index in [9.17, 15) is 4.21 Å². The van der Waals surface area contributed by atoms with Crippen molar-refractivity contribution in [3.63, 3.8) is 0 Å². The molecular weight excluding hydrogens is 122 g/mol. The molecular formula is C5H13NOS. The summed E-state index contributed by atoms with van der Waals surface area (Å²) < 4.78 is 14.9. The van der Waals surface area contributed by atoms with Gasteiger partial charge in [-0.3, -0.25) is 4.21 Å². The molecule has 1 unspecified atom stereocenters. The molecule has 0 aliphatic carbocycles. The lowest BCUT2D eigenvalue weighted by Crippen LogP contribution is -1.98. The van der Waals surface area contributed by atoms with Gasteiger partial charge < -0.3 is 0 Å². The monoisotopic (exact) mass is 135 g/mol. The van der Waals surface area contributed by atoms with E-state index in [1.807, 2.05) is 13.8 Å². The van der Waals surface area contributed by atoms with Gasteiger partial charge in [0, 0.05) is 28.3 Å². The third kappa shape index (κ3) is 3.02. The predicted octanol–water partition coefficient (Wildman–Crippen LogP) is 1.12. The van der Waals surface area contributed by atoms with Gasteiger partial charge in [-0.05, 0) is 6.92 Å². The van der Waals surface area contributed by atoms with Crippen molar-refractivity contribution in [2.75, 3.05) is 18.6 Å². The summed E-state index contributed by atoms with van der Waals surface area (Å²) in [5, 5.41) is 0. The third-order valence-electron chi connectivity index (χ3n) is 0.938. The van der Waals surface area contributed by atoms with E-state index in [1.54, 1.807) is 6.26 Å². The fraction of sp³-hybridized carbons (Fsp3) is 1.00. The quantitative estimate of drug-likeness (QED) is 0.558. The number of rotatable bonds is 2. The van der Waals surface area contributed by atoms with Crippen molar-refractivity contribution in [1.82, 2.24) is 0 Å². The molecule has 0 aromatic rings. The first kappa shape index (κ1) is 7.95. The Bertz CT molecular complexity index is 156. The van der Waals surface area contributed by atoms with Crippen molar-refractivity contribution in [3.8, 4) is 0 Å². The highest BCUT2D eigenvalue weighted by molar-refractivity contribution is 7.92. The maximum atomic E-state index is 11.0. The van der Waals surface area contributed by atoms with Crippen LogP contribution in [0.4, 0.5) is 0 Å². The molecule has 1 atom stereocenters. The lowest BCUT2D eigenvalue weighted by molar-refractivity contribution is 0.680. The van der Waals surface area contributed by atoms with Crippen molar-refractivity contribution in [3.05, 3.63) is 0 Å². The maximum Gasteiger partial charge on any atom is 0.0455 e. The minimum Gasteiger partial charge on any atom is -0.250 e. The lowest BCUT2D eigenvalue weighted by atomic mass is 10.8. The predicted molar refractivity (Wildman–Crippen MR) is 37.6 cm³/mol. The zero-order chi connectivity index (χ0) is 6.62. The van der Waals surface area contributed by atoms with Crippen LogP contribution in [0.3, 0.4) is 0 Å². The summed E-state index contributed by atoms with van der Waals surface area (Å²) in [6, 6.07) is 0. The second-order valence-electron chi connectivity index (χ2n) is 1.69. The molecule has 0 amide bonds. The fourth-order valence-corrected chi connectivity index (χ4v) is 1.09. The van der Waals surface area contributed by atoms with Gasteiger partial charge in [0.05, 0.1) is 0 Å². The van der Waals surface area contributed by atoms with Gasteiger partial charge in [-0.1, -0.05) is 6.92 Å². The Morgan fingerprint density at radius 3 is 2.12 bits per heavy atom. The average molecular weight is 135 g/mol. The van der Waals surface area contributed by atoms with E-state index < -0.39 is 9.73 Å². The highest BCUT2D eigenvalue weighted by Gasteiger charge is 1.90. The van der Waals surface area contributed by atoms with Gasteiger partial charge in [0.2, 0.25) is 0 Å². The van der Waals surface area contributed by atoms with Crippen molar-refractivity contribution in [2.24, 2.45) is 4.36 Å². The Labute approximate surface area is 51.5 Å². The summed E-state index contributed by atoms with van der Waals surface area (Å²) in [7, 11) is -1.79. The van der Waals surface area contributed by atoms with Crippen LogP contribution in [0, 0.1) is 0 Å². The molecule has 0 aromatic heterocycles. The SMILES string of the molecule is CCN=S(C)(=O)CC. The van der Waals surface area contributed by atoms with Crippen LogP contribution in [0.2, 0.25) is 0 Å². The van der Waals surface area contributed by atoms with E-state index in [1.165, 1.54) is 0 Å². The summed E-state index contributed by atoms with van der Waals surface area (Å²) >= 11 is 0. The first-order valence-electron chi connectivity index (χ1n) is 2.78. The van der Waals surface area contributed by atoms with Gasteiger partial charge >= 0.3 is 0 Å². The van der Waals surface area contributed by atoms with Gasteiger partial charge in [-0.2, -0.15) is 0 Å². The molecule has 0 aromatic carbocycles. The van der Waals surface area contributed by atoms with Gasteiger partial charge in [0.15, 0.2) is 0 Å². The van der Waals surface area contributed by atoms with E-state index in [-0.39, 0.29) is 0 Å². The summed E-state index contributed by atoms with van der Waals surface area (Å²) in [6.45, 7) is 4.46. The Kier molecular flexibility index (Phi) is 3.05. The van der Waals surface area contributed by atoms with Crippen molar-refractivity contribution in [1.29, 1.82) is 0 Å². The Morgan fingerprint density at radius 2 is 2.00 bits per heavy atom. The lowest BCUT2D eigenvalue weighted by Gasteiger charge is -1.94. The molecule has 0 fully saturated rings. The summed E-state index contributed by atoms with van der Waals surface area (Å²) in [5.41, 5.74) is 0. The van der Waals surface area contributed by atoms with E-state index in [0.29, 0.717) is 12.3 Å². The van der Waals surface area contributed by atoms with Crippen molar-refractivity contribution in [2.45, 2.75) is 13.8 Å². The average Bonchev–Trinajstić information content (AvgIpc) is 1.67. The van der Waals surface area contributed by atoms with E-state index in [0.717, 1.165) is 0 Å². The molecule has 50 valence electrons. The van der Waals surface area contributed by atoms with Crippen LogP contribution in [-0.2, 0) is 9.73 Å². The molecule has 0 saturated heterocycles. The first-order valence-corrected chi connectivity index (χ1v) is 4.87. The zero-order valence-corrected chi connectivity index (χ0v) is 6.49. The molecule has 0 radical (unpaired) electrons. The van der Waals surface area contributed by atoms with Crippen LogP contribution in [0.25, 0.3) is 0 Å². The molecule has 0 aliphatic heterocycles. The highest BCUT2D eigenvalue weighted by Crippen LogP contribution is 1.87. The topological polar surface area (TPSA) is 29.4 Å². The van der Waals surface area contributed by atoms with E-state index in [2.05, 4.69) is 4.36 Å². The molecule has 0 heterocycles. The molecule has 0 bridgehead atoms. The highest BCUT2D eigenvalue weighted by atomic mass is 32.2. The molecule has 0 N–H and O–H groups in total. The van der Waals surface area contributed by atoms with Crippen LogP contribution < -0.4 is 0 Å². The van der Waals surface area contributed by atoms with E-state index >= 15 is 0 Å². The Hall–Kier alpha value is -0.0500. The summed E-state index contributed by atoms with van der Waals surface area (Å²) in [5.74, 6) is 0.668. The first-order chi connectivity index (χ1) is 3.62. The van der Waals surface area contributed by atoms with Crippen LogP contribution in [0.1, 0.15) is 13.8 Å². The van der Waals surface area contributed by atoms with Gasteiger partial charge in [-0.15, -0.1) is 0 Å². The molecule has 0 aliphatic rings. The minimum absolute atomic E-state index is 0.668. The van der Waals surface area contributed by atoms with Gasteiger partial charge in [0.25, 0.3) is 0 Å². The fourth-order valence-electron chi connectivity index (χ4n) is 0.364. The second-order valence-corrected chi connectivity index (χ2v) is 4.45. The second kappa shape index (κ2) is 3.07. The molecule has 0 spiro atoms. The van der Waals surface area contributed by atoms with Crippen molar-refractivity contribution >= 4 is 9.73 Å². The zero-order valence-electron chi connectivity index (χ0n) is 5.68. The van der Waals surface area contributed by atoms with Gasteiger partial charge in [-0.25, -0.2) is 4.36 Å². The summed E-state index contributed by atoms with van der Waals surface area (Å²) in [4.78, 5) is 0. The van der Waals surface area contributed by atoms with Crippen LogP contribution >= 0.6 is 0 Å². The summed E-state index contributed by atoms with van der Waals surface area (Å²) in [6.07, 6.45) is 1.69. The van der Waals surface area contributed by atoms with E-state index in [4.69, 9.17) is 0 Å². The van der Waals surface area contributed by atoms with Gasteiger partial charge in [0.1, 0.15) is 0 Å². The number of hydrogen-bond acceptors (Lipinski definition) is 2. The minimum atomic E-state index is -1.79. The molecule has 0 rings (SSSR count). The third-order valence-corrected chi connectivity index (χ3v) is 2.81. The Balaban J connectivity index is 4.12. The number of hydrogen-bond donors (Lipinski definition) is 0. The normalized spacial score (nSPS) is 17.4. The molecule has 3 heteroatoms. The van der Waals surface area contributed by atoms with Crippen LogP contribution in [0.15, 0.2) is 4.36 Å². The standard InChI is InChI=1S/C5H13NOS/c1-4-6-8(3,7)5-2/h4-5H2,1-3H3. The van der Waals surface area contributed by atoms with Crippen LogP contribution in [-0.4, -0.2) is 22.8 Å². The maximum absolute atomic E-state index is 11.0. The molecule has 2 nitrogen and oxygen atoms in total. The van der Waals surface area contributed by atoms with Crippen LogP contribution in [0.5, 0.6) is 0 Å².